The van der Waals surface area contributed by atoms with Crippen LogP contribution in [0.15, 0.2) is 66.0 Å². The van der Waals surface area contributed by atoms with Crippen LogP contribution in [0.3, 0.4) is 0 Å². The number of halogens is 1. The molecule has 3 aromatic rings. The quantitative estimate of drug-likeness (QED) is 0.464. The summed E-state index contributed by atoms with van der Waals surface area (Å²) >= 11 is 7.78. The zero-order chi connectivity index (χ0) is 23.5. The lowest BCUT2D eigenvalue weighted by Crippen LogP contribution is -2.49. The van der Waals surface area contributed by atoms with Crippen LogP contribution < -0.4 is 10.1 Å². The van der Waals surface area contributed by atoms with E-state index in [1.165, 1.54) is 4.88 Å². The molecular formula is C26H26ClN3O3S. The summed E-state index contributed by atoms with van der Waals surface area (Å²) in [6, 6.07) is 18.4. The first-order valence-electron chi connectivity index (χ1n) is 11.5. The van der Waals surface area contributed by atoms with Crippen LogP contribution in [0.2, 0.25) is 5.02 Å². The van der Waals surface area contributed by atoms with Gasteiger partial charge in [0.1, 0.15) is 18.9 Å². The fourth-order valence-electron chi connectivity index (χ4n) is 4.32. The van der Waals surface area contributed by atoms with Crippen molar-refractivity contribution < 1.29 is 14.3 Å². The summed E-state index contributed by atoms with van der Waals surface area (Å²) in [4.78, 5) is 31.4. The lowest BCUT2D eigenvalue weighted by Gasteiger charge is -2.37. The van der Waals surface area contributed by atoms with E-state index >= 15 is 0 Å². The highest BCUT2D eigenvalue weighted by molar-refractivity contribution is 7.10. The summed E-state index contributed by atoms with van der Waals surface area (Å²) in [7, 11) is 0. The molecule has 1 N–H and O–H groups in total. The number of ether oxygens (including phenoxy) is 1. The second-order valence-electron chi connectivity index (χ2n) is 8.58. The summed E-state index contributed by atoms with van der Waals surface area (Å²) < 4.78 is 6.06. The molecule has 1 aliphatic carbocycles. The van der Waals surface area contributed by atoms with Gasteiger partial charge < -0.3 is 19.9 Å². The molecule has 2 aliphatic rings. The molecule has 5 rings (SSSR count). The molecule has 2 heterocycles. The van der Waals surface area contributed by atoms with Crippen molar-refractivity contribution in [2.24, 2.45) is 0 Å². The summed E-state index contributed by atoms with van der Waals surface area (Å²) in [6.45, 7) is 1.03. The monoisotopic (exact) mass is 495 g/mol. The predicted octanol–water partition coefficient (Wildman–Crippen LogP) is 5.60. The lowest BCUT2D eigenvalue weighted by molar-refractivity contribution is -0.135. The summed E-state index contributed by atoms with van der Waals surface area (Å²) in [5.74, 6) is 0.712. The third-order valence-corrected chi connectivity index (χ3v) is 7.43. The van der Waals surface area contributed by atoms with Crippen molar-refractivity contribution in [2.45, 2.75) is 31.3 Å². The molecule has 1 saturated carbocycles. The van der Waals surface area contributed by atoms with Crippen LogP contribution in [0.25, 0.3) is 0 Å². The second-order valence-corrected chi connectivity index (χ2v) is 10.0. The number of amides is 3. The molecule has 1 fully saturated rings. The number of thiophene rings is 1. The Morgan fingerprint density at radius 3 is 2.71 bits per heavy atom. The van der Waals surface area contributed by atoms with Crippen molar-refractivity contribution in [1.82, 2.24) is 9.80 Å². The van der Waals surface area contributed by atoms with E-state index in [2.05, 4.69) is 16.8 Å². The average Bonchev–Trinajstić information content (AvgIpc) is 3.57. The highest BCUT2D eigenvalue weighted by Crippen LogP contribution is 2.35. The molecule has 2 aromatic carbocycles. The van der Waals surface area contributed by atoms with Crippen molar-refractivity contribution in [3.8, 4) is 5.75 Å². The normalized spacial score (nSPS) is 17.1. The highest BCUT2D eigenvalue weighted by Gasteiger charge is 2.38. The Balaban J connectivity index is 1.30. The fraction of sp³-hybridized carbons (Fsp3) is 0.308. The van der Waals surface area contributed by atoms with Crippen LogP contribution >= 0.6 is 22.9 Å². The molecule has 0 saturated heterocycles. The number of nitrogens with zero attached hydrogens (tertiary/aromatic N) is 2. The number of hydrogen-bond donors (Lipinski definition) is 1. The van der Waals surface area contributed by atoms with Gasteiger partial charge >= 0.3 is 6.03 Å². The predicted molar refractivity (Wildman–Crippen MR) is 135 cm³/mol. The molecule has 8 heteroatoms. The molecule has 3 amide bonds. The zero-order valence-electron chi connectivity index (χ0n) is 18.7. The van der Waals surface area contributed by atoms with E-state index in [4.69, 9.17) is 16.3 Å². The van der Waals surface area contributed by atoms with E-state index in [-0.39, 0.29) is 30.6 Å². The third-order valence-electron chi connectivity index (χ3n) is 6.20. The zero-order valence-corrected chi connectivity index (χ0v) is 20.2. The number of fused-ring (bicyclic) bond motifs is 1. The number of urea groups is 1. The second kappa shape index (κ2) is 10.1. The number of hydrogen-bond acceptors (Lipinski definition) is 4. The fourth-order valence-corrected chi connectivity index (χ4v) is 5.44. The first-order chi connectivity index (χ1) is 16.6. The van der Waals surface area contributed by atoms with Crippen LogP contribution in [0.1, 0.15) is 29.3 Å². The number of para-hydroxylation sites is 1. The van der Waals surface area contributed by atoms with Gasteiger partial charge in [-0.15, -0.1) is 11.3 Å². The standard InChI is InChI=1S/C26H26ClN3O3S/c27-18-5-4-6-19(15-18)28-26(32)30(20-9-10-20)16-25(31)29-13-11-24-22(12-14-34-24)23(29)17-33-21-7-2-1-3-8-21/h1-8,12,14-15,20,23H,9-11,13,16-17H2,(H,28,32)/t23-/m0/s1. The Bertz CT molecular complexity index is 1160. The Labute approximate surface area is 208 Å². The van der Waals surface area contributed by atoms with Gasteiger partial charge in [-0.2, -0.15) is 0 Å². The molecule has 0 radical (unpaired) electrons. The molecule has 176 valence electrons. The van der Waals surface area contributed by atoms with Crippen LogP contribution in [-0.2, 0) is 11.2 Å². The van der Waals surface area contributed by atoms with Gasteiger partial charge in [-0.05, 0) is 66.6 Å². The smallest absolute Gasteiger partial charge is 0.322 e. The number of nitrogens with one attached hydrogen (secondary N) is 1. The topological polar surface area (TPSA) is 61.9 Å². The number of carbonyl (C=O) groups excluding carboxylic acids is 2. The highest BCUT2D eigenvalue weighted by atomic mass is 35.5. The Kier molecular flexibility index (Phi) is 6.74. The molecular weight excluding hydrogens is 470 g/mol. The molecule has 0 bridgehead atoms. The molecule has 0 unspecified atom stereocenters. The minimum Gasteiger partial charge on any atom is -0.491 e. The Morgan fingerprint density at radius 2 is 1.94 bits per heavy atom. The van der Waals surface area contributed by atoms with Crippen LogP contribution in [0.4, 0.5) is 10.5 Å². The van der Waals surface area contributed by atoms with E-state index in [0.717, 1.165) is 30.6 Å². The van der Waals surface area contributed by atoms with Gasteiger partial charge in [0.2, 0.25) is 5.91 Å². The first-order valence-corrected chi connectivity index (χ1v) is 12.7. The average molecular weight is 496 g/mol. The van der Waals surface area contributed by atoms with Crippen molar-refractivity contribution in [2.75, 3.05) is 25.0 Å². The number of benzene rings is 2. The van der Waals surface area contributed by atoms with Gasteiger partial charge in [0.15, 0.2) is 0 Å². The minimum absolute atomic E-state index is 0.0401. The minimum atomic E-state index is -0.275. The van der Waals surface area contributed by atoms with E-state index in [9.17, 15) is 9.59 Å². The van der Waals surface area contributed by atoms with E-state index < -0.39 is 0 Å². The Morgan fingerprint density at radius 1 is 1.12 bits per heavy atom. The van der Waals surface area contributed by atoms with Crippen molar-refractivity contribution in [3.05, 3.63) is 81.5 Å². The number of carbonyl (C=O) groups is 2. The maximum atomic E-state index is 13.5. The summed E-state index contributed by atoms with van der Waals surface area (Å²) in [6.07, 6.45) is 2.63. The van der Waals surface area contributed by atoms with Gasteiger partial charge in [-0.3, -0.25) is 4.79 Å². The molecule has 6 nitrogen and oxygen atoms in total. The summed E-state index contributed by atoms with van der Waals surface area (Å²) in [5, 5.41) is 5.51. The number of anilines is 1. The third kappa shape index (κ3) is 5.21. The van der Waals surface area contributed by atoms with E-state index in [1.54, 1.807) is 40.5 Å². The van der Waals surface area contributed by atoms with Crippen molar-refractivity contribution in [3.63, 3.8) is 0 Å². The van der Waals surface area contributed by atoms with Gasteiger partial charge in [0.25, 0.3) is 0 Å². The van der Waals surface area contributed by atoms with Crippen LogP contribution in [-0.4, -0.2) is 47.5 Å². The molecule has 1 atom stereocenters. The van der Waals surface area contributed by atoms with Crippen molar-refractivity contribution in [1.29, 1.82) is 0 Å². The maximum Gasteiger partial charge on any atom is 0.322 e. The Hall–Kier alpha value is -3.03. The maximum absolute atomic E-state index is 13.5. The lowest BCUT2D eigenvalue weighted by atomic mass is 10.0. The number of rotatable bonds is 7. The molecule has 0 spiro atoms. The molecule has 1 aliphatic heterocycles. The van der Waals surface area contributed by atoms with Gasteiger partial charge in [-0.1, -0.05) is 35.9 Å². The van der Waals surface area contributed by atoms with E-state index in [1.807, 2.05) is 35.2 Å². The molecule has 1 aromatic heterocycles. The van der Waals surface area contributed by atoms with Crippen LogP contribution in [0, 0.1) is 0 Å². The summed E-state index contributed by atoms with van der Waals surface area (Å²) in [5.41, 5.74) is 1.76. The van der Waals surface area contributed by atoms with Crippen molar-refractivity contribution >= 4 is 40.6 Å². The van der Waals surface area contributed by atoms with Gasteiger partial charge in [0, 0.05) is 28.2 Å². The van der Waals surface area contributed by atoms with Gasteiger partial charge in [-0.25, -0.2) is 4.79 Å². The van der Waals surface area contributed by atoms with Crippen LogP contribution in [0.5, 0.6) is 5.75 Å². The van der Waals surface area contributed by atoms with E-state index in [0.29, 0.717) is 23.9 Å². The molecule has 34 heavy (non-hydrogen) atoms. The first kappa shape index (κ1) is 22.7. The SMILES string of the molecule is O=C(Nc1cccc(Cl)c1)N(CC(=O)N1CCc2sccc2[C@@H]1COc1ccccc1)C1CC1. The van der Waals surface area contributed by atoms with Gasteiger partial charge in [0.05, 0.1) is 6.04 Å². The largest absolute Gasteiger partial charge is 0.491 e.